The summed E-state index contributed by atoms with van der Waals surface area (Å²) >= 11 is 0. The highest BCUT2D eigenvalue weighted by Gasteiger charge is 2.20. The molecule has 0 spiro atoms. The molecule has 1 aromatic heterocycles. The van der Waals surface area contributed by atoms with Gasteiger partial charge in [0.1, 0.15) is 5.82 Å². The van der Waals surface area contributed by atoms with Crippen molar-refractivity contribution < 1.29 is 9.53 Å². The minimum Gasteiger partial charge on any atom is -0.398 e. The molecule has 1 saturated heterocycles. The zero-order chi connectivity index (χ0) is 16.9. The van der Waals surface area contributed by atoms with Crippen LogP contribution in [-0.2, 0) is 4.79 Å². The topological polar surface area (TPSA) is 42.4 Å². The Morgan fingerprint density at radius 1 is 1.25 bits per heavy atom. The first-order valence-corrected chi connectivity index (χ1v) is 8.13. The molecule has 4 heteroatoms. The van der Waals surface area contributed by atoms with E-state index in [0.717, 1.165) is 36.5 Å². The molecular weight excluding hydrogens is 300 g/mol. The minimum absolute atomic E-state index is 0.288. The van der Waals surface area contributed by atoms with Crippen molar-refractivity contribution in [1.82, 2.24) is 4.98 Å². The molecule has 0 bridgehead atoms. The maximum Gasteiger partial charge on any atom is 0.391 e. The Labute approximate surface area is 142 Å². The van der Waals surface area contributed by atoms with Crippen molar-refractivity contribution in [2.45, 2.75) is 20.3 Å². The lowest BCUT2D eigenvalue weighted by molar-refractivity contribution is -0.128. The van der Waals surface area contributed by atoms with E-state index >= 15 is 0 Å². The molecule has 2 heterocycles. The van der Waals surface area contributed by atoms with Crippen LogP contribution in [0.15, 0.2) is 42.5 Å². The molecule has 0 radical (unpaired) electrons. The SMILES string of the molecule is Cc1ccccc1C#CC(=O)Oc1cccc(N2CCC(C)C2)n1. The van der Waals surface area contributed by atoms with Crippen molar-refractivity contribution in [3.63, 3.8) is 0 Å². The van der Waals surface area contributed by atoms with Gasteiger partial charge in [-0.2, -0.15) is 4.98 Å². The van der Waals surface area contributed by atoms with Gasteiger partial charge in [-0.15, -0.1) is 0 Å². The smallest absolute Gasteiger partial charge is 0.391 e. The number of pyridine rings is 1. The Morgan fingerprint density at radius 3 is 2.83 bits per heavy atom. The molecule has 0 N–H and O–H groups in total. The normalized spacial score (nSPS) is 16.4. The van der Waals surface area contributed by atoms with Gasteiger partial charge in [0.15, 0.2) is 0 Å². The summed E-state index contributed by atoms with van der Waals surface area (Å²) < 4.78 is 5.25. The van der Waals surface area contributed by atoms with Gasteiger partial charge < -0.3 is 9.64 Å². The maximum atomic E-state index is 11.9. The molecule has 1 aliphatic rings. The number of nitrogens with zero attached hydrogens (tertiary/aromatic N) is 2. The highest BCUT2D eigenvalue weighted by Crippen LogP contribution is 2.23. The highest BCUT2D eigenvalue weighted by atomic mass is 16.5. The number of benzene rings is 1. The number of aryl methyl sites for hydroxylation is 1. The Hall–Kier alpha value is -2.80. The van der Waals surface area contributed by atoms with Gasteiger partial charge in [-0.3, -0.25) is 0 Å². The molecule has 24 heavy (non-hydrogen) atoms. The summed E-state index contributed by atoms with van der Waals surface area (Å²) in [5.41, 5.74) is 1.85. The van der Waals surface area contributed by atoms with E-state index in [9.17, 15) is 4.79 Å². The van der Waals surface area contributed by atoms with Gasteiger partial charge in [0.05, 0.1) is 0 Å². The third kappa shape index (κ3) is 3.94. The largest absolute Gasteiger partial charge is 0.398 e. The zero-order valence-corrected chi connectivity index (χ0v) is 14.0. The molecule has 1 fully saturated rings. The van der Waals surface area contributed by atoms with Crippen LogP contribution in [0, 0.1) is 24.7 Å². The molecule has 0 aliphatic carbocycles. The van der Waals surface area contributed by atoms with Gasteiger partial charge >= 0.3 is 5.97 Å². The fourth-order valence-electron chi connectivity index (χ4n) is 2.73. The fourth-order valence-corrected chi connectivity index (χ4v) is 2.73. The summed E-state index contributed by atoms with van der Waals surface area (Å²) in [5.74, 6) is 6.56. The molecule has 2 aromatic rings. The zero-order valence-electron chi connectivity index (χ0n) is 14.0. The van der Waals surface area contributed by atoms with Gasteiger partial charge in [-0.1, -0.05) is 37.1 Å². The average Bonchev–Trinajstić information content (AvgIpc) is 3.01. The third-order valence-electron chi connectivity index (χ3n) is 4.10. The molecule has 122 valence electrons. The highest BCUT2D eigenvalue weighted by molar-refractivity contribution is 5.90. The number of anilines is 1. The van der Waals surface area contributed by atoms with Gasteiger partial charge in [0, 0.05) is 30.6 Å². The number of esters is 1. The second-order valence-corrected chi connectivity index (χ2v) is 6.13. The van der Waals surface area contributed by atoms with Crippen molar-refractivity contribution in [2.75, 3.05) is 18.0 Å². The number of aromatic nitrogens is 1. The van der Waals surface area contributed by atoms with Crippen molar-refractivity contribution >= 4 is 11.8 Å². The predicted molar refractivity (Wildman–Crippen MR) is 93.9 cm³/mol. The Kier molecular flexibility index (Phi) is 4.81. The quantitative estimate of drug-likeness (QED) is 0.629. The van der Waals surface area contributed by atoms with Gasteiger partial charge in [-0.25, -0.2) is 4.79 Å². The van der Waals surface area contributed by atoms with Crippen LogP contribution in [0.4, 0.5) is 5.82 Å². The first-order valence-electron chi connectivity index (χ1n) is 8.13. The summed E-state index contributed by atoms with van der Waals surface area (Å²) in [6.07, 6.45) is 1.16. The number of carbonyl (C=O) groups is 1. The molecule has 1 atom stereocenters. The number of ether oxygens (including phenoxy) is 1. The molecular formula is C20H20N2O2. The summed E-state index contributed by atoms with van der Waals surface area (Å²) in [7, 11) is 0. The second-order valence-electron chi connectivity index (χ2n) is 6.13. The average molecular weight is 320 g/mol. The van der Waals surface area contributed by atoms with Crippen LogP contribution in [0.2, 0.25) is 0 Å². The van der Waals surface area contributed by atoms with Crippen molar-refractivity contribution in [2.24, 2.45) is 5.92 Å². The predicted octanol–water partition coefficient (Wildman–Crippen LogP) is 3.19. The van der Waals surface area contributed by atoms with Crippen molar-refractivity contribution in [3.8, 4) is 17.7 Å². The van der Waals surface area contributed by atoms with E-state index < -0.39 is 5.97 Å². The van der Waals surface area contributed by atoms with Gasteiger partial charge in [0.2, 0.25) is 5.88 Å². The summed E-state index contributed by atoms with van der Waals surface area (Å²) in [5, 5.41) is 0. The molecule has 4 nitrogen and oxygen atoms in total. The summed E-state index contributed by atoms with van der Waals surface area (Å²) in [4.78, 5) is 18.6. The first kappa shape index (κ1) is 16.1. The first-order chi connectivity index (χ1) is 11.6. The van der Waals surface area contributed by atoms with Crippen LogP contribution >= 0.6 is 0 Å². The van der Waals surface area contributed by atoms with E-state index in [1.165, 1.54) is 0 Å². The lowest BCUT2D eigenvalue weighted by Gasteiger charge is -2.17. The van der Waals surface area contributed by atoms with Crippen LogP contribution in [0.3, 0.4) is 0 Å². The lowest BCUT2D eigenvalue weighted by Crippen LogP contribution is -2.20. The standard InChI is InChI=1S/C20H20N2O2/c1-15-12-13-22(14-15)18-8-5-9-19(21-18)24-20(23)11-10-17-7-4-3-6-16(17)2/h3-9,15H,12-14H2,1-2H3. The van der Waals surface area contributed by atoms with E-state index in [1.54, 1.807) is 6.07 Å². The van der Waals surface area contributed by atoms with Crippen molar-refractivity contribution in [1.29, 1.82) is 0 Å². The van der Waals surface area contributed by atoms with Crippen LogP contribution in [0.5, 0.6) is 5.88 Å². The molecule has 0 saturated carbocycles. The molecule has 1 aromatic carbocycles. The summed E-state index contributed by atoms with van der Waals surface area (Å²) in [6, 6.07) is 13.1. The van der Waals surface area contributed by atoms with E-state index in [4.69, 9.17) is 4.74 Å². The lowest BCUT2D eigenvalue weighted by atomic mass is 10.1. The molecule has 0 amide bonds. The van der Waals surface area contributed by atoms with E-state index in [-0.39, 0.29) is 5.88 Å². The van der Waals surface area contributed by atoms with E-state index in [2.05, 4.69) is 28.6 Å². The van der Waals surface area contributed by atoms with E-state index in [0.29, 0.717) is 5.92 Å². The molecule has 1 aliphatic heterocycles. The molecule has 3 rings (SSSR count). The Balaban J connectivity index is 1.68. The van der Waals surface area contributed by atoms with Gasteiger partial charge in [0.25, 0.3) is 0 Å². The number of hydrogen-bond acceptors (Lipinski definition) is 4. The number of rotatable bonds is 2. The van der Waals surface area contributed by atoms with E-state index in [1.807, 2.05) is 43.3 Å². The number of hydrogen-bond donors (Lipinski definition) is 0. The van der Waals surface area contributed by atoms with Crippen molar-refractivity contribution in [3.05, 3.63) is 53.6 Å². The second kappa shape index (κ2) is 7.18. The van der Waals surface area contributed by atoms with Gasteiger partial charge in [-0.05, 0) is 37.0 Å². The van der Waals surface area contributed by atoms with Crippen LogP contribution in [0.1, 0.15) is 24.5 Å². The molecule has 1 unspecified atom stereocenters. The third-order valence-corrected chi connectivity index (χ3v) is 4.10. The number of carbonyl (C=O) groups excluding carboxylic acids is 1. The van der Waals surface area contributed by atoms with Crippen LogP contribution in [-0.4, -0.2) is 24.0 Å². The Morgan fingerprint density at radius 2 is 2.08 bits per heavy atom. The van der Waals surface area contributed by atoms with Crippen LogP contribution < -0.4 is 9.64 Å². The summed E-state index contributed by atoms with van der Waals surface area (Å²) in [6.45, 7) is 6.15. The monoisotopic (exact) mass is 320 g/mol. The fraction of sp³-hybridized carbons (Fsp3) is 0.300. The maximum absolute atomic E-state index is 11.9. The minimum atomic E-state index is -0.599. The Bertz CT molecular complexity index is 805. The van der Waals surface area contributed by atoms with Crippen LogP contribution in [0.25, 0.3) is 0 Å².